The van der Waals surface area contributed by atoms with E-state index in [1.54, 1.807) is 0 Å². The Morgan fingerprint density at radius 3 is 2.24 bits per heavy atom. The summed E-state index contributed by atoms with van der Waals surface area (Å²) in [6, 6.07) is 18.4. The molecule has 0 atom stereocenters. The van der Waals surface area contributed by atoms with Gasteiger partial charge in [0.25, 0.3) is 0 Å². The monoisotopic (exact) mass is 362 g/mol. The summed E-state index contributed by atoms with van der Waals surface area (Å²) >= 11 is 0. The largest absolute Gasteiger partial charge is 0.492 e. The van der Waals surface area contributed by atoms with Crippen LogP contribution in [0.1, 0.15) is 5.56 Å². The number of sulfonamides is 1. The van der Waals surface area contributed by atoms with Crippen LogP contribution in [0, 0.1) is 0 Å². The lowest BCUT2D eigenvalue weighted by atomic mass is 10.2. The molecule has 0 spiro atoms. The van der Waals surface area contributed by atoms with Crippen LogP contribution < -0.4 is 10.1 Å². The lowest BCUT2D eigenvalue weighted by Crippen LogP contribution is -2.40. The van der Waals surface area contributed by atoms with Gasteiger partial charge in [0.15, 0.2) is 0 Å². The van der Waals surface area contributed by atoms with E-state index < -0.39 is 10.0 Å². The quantitative estimate of drug-likeness (QED) is 0.688. The van der Waals surface area contributed by atoms with Gasteiger partial charge in [-0.15, -0.1) is 0 Å². The minimum atomic E-state index is -3.49. The van der Waals surface area contributed by atoms with Crippen molar-refractivity contribution in [3.8, 4) is 5.75 Å². The van der Waals surface area contributed by atoms with Gasteiger partial charge in [0, 0.05) is 6.54 Å². The summed E-state index contributed by atoms with van der Waals surface area (Å²) < 4.78 is 30.4. The first-order valence-electron chi connectivity index (χ1n) is 7.89. The maximum Gasteiger partial charge on any atom is 0.235 e. The van der Waals surface area contributed by atoms with Gasteiger partial charge >= 0.3 is 0 Å². The average molecular weight is 362 g/mol. The van der Waals surface area contributed by atoms with E-state index in [9.17, 15) is 13.2 Å². The topological polar surface area (TPSA) is 75.7 Å². The van der Waals surface area contributed by atoms with E-state index in [1.165, 1.54) is 0 Å². The summed E-state index contributed by atoms with van der Waals surface area (Å²) in [5, 5.41) is 2.67. The zero-order valence-corrected chi connectivity index (χ0v) is 14.9. The number of carbonyl (C=O) groups is 1. The molecule has 134 valence electrons. The Balaban J connectivity index is 1.81. The van der Waals surface area contributed by atoms with Crippen molar-refractivity contribution >= 4 is 15.9 Å². The number of amides is 1. The predicted octanol–water partition coefficient (Wildman–Crippen LogP) is 1.64. The van der Waals surface area contributed by atoms with E-state index in [0.717, 1.165) is 21.9 Å². The van der Waals surface area contributed by atoms with Crippen LogP contribution in [-0.2, 0) is 21.4 Å². The molecule has 0 bridgehead atoms. The second-order valence-corrected chi connectivity index (χ2v) is 7.51. The lowest BCUT2D eigenvalue weighted by Gasteiger charge is -2.19. The Bertz CT molecular complexity index is 764. The Morgan fingerprint density at radius 2 is 1.64 bits per heavy atom. The van der Waals surface area contributed by atoms with Gasteiger partial charge in [-0.25, -0.2) is 8.42 Å². The molecule has 0 unspecified atom stereocenters. The van der Waals surface area contributed by atoms with Crippen LogP contribution in [0.3, 0.4) is 0 Å². The summed E-state index contributed by atoms with van der Waals surface area (Å²) in [4.78, 5) is 12.0. The molecule has 0 saturated heterocycles. The number of nitrogens with zero attached hydrogens (tertiary/aromatic N) is 1. The second-order valence-electron chi connectivity index (χ2n) is 5.53. The molecule has 1 N–H and O–H groups in total. The fraction of sp³-hybridized carbons (Fsp3) is 0.278. The van der Waals surface area contributed by atoms with Gasteiger partial charge in [0.1, 0.15) is 12.4 Å². The van der Waals surface area contributed by atoms with Crippen molar-refractivity contribution in [3.63, 3.8) is 0 Å². The summed E-state index contributed by atoms with van der Waals surface area (Å²) in [6.07, 6.45) is 1.10. The van der Waals surface area contributed by atoms with E-state index in [-0.39, 0.29) is 19.0 Å². The molecule has 0 aliphatic heterocycles. The smallest absolute Gasteiger partial charge is 0.235 e. The molecule has 6 nitrogen and oxygen atoms in total. The van der Waals surface area contributed by atoms with Crippen LogP contribution in [0.5, 0.6) is 5.75 Å². The summed E-state index contributed by atoms with van der Waals surface area (Å²) in [6.45, 7) is 0.552. The molecule has 0 aromatic heterocycles. The Labute approximate surface area is 148 Å². The number of nitrogens with one attached hydrogen (secondary N) is 1. The molecule has 2 aromatic rings. The third-order valence-corrected chi connectivity index (χ3v) is 4.62. The van der Waals surface area contributed by atoms with Crippen molar-refractivity contribution in [1.82, 2.24) is 9.62 Å². The molecule has 0 radical (unpaired) electrons. The van der Waals surface area contributed by atoms with E-state index in [2.05, 4.69) is 5.32 Å². The molecular formula is C18H22N2O4S. The first-order chi connectivity index (χ1) is 11.9. The molecule has 7 heteroatoms. The number of carbonyl (C=O) groups excluding carboxylic acids is 1. The van der Waals surface area contributed by atoms with Crippen molar-refractivity contribution < 1.29 is 17.9 Å². The second kappa shape index (κ2) is 9.19. The van der Waals surface area contributed by atoms with Gasteiger partial charge < -0.3 is 10.1 Å². The van der Waals surface area contributed by atoms with Crippen molar-refractivity contribution in [1.29, 1.82) is 0 Å². The minimum absolute atomic E-state index is 0.160. The van der Waals surface area contributed by atoms with Gasteiger partial charge in [-0.05, 0) is 17.7 Å². The SMILES string of the molecule is CS(=O)(=O)N(CC(=O)NCCOc1ccccc1)Cc1ccccc1. The number of benzene rings is 2. The Hall–Kier alpha value is -2.38. The minimum Gasteiger partial charge on any atom is -0.492 e. The van der Waals surface area contributed by atoms with Crippen LogP contribution in [0.2, 0.25) is 0 Å². The molecule has 0 fully saturated rings. The molecule has 0 aliphatic rings. The summed E-state index contributed by atoms with van der Waals surface area (Å²) in [5.41, 5.74) is 0.827. The molecular weight excluding hydrogens is 340 g/mol. The lowest BCUT2D eigenvalue weighted by molar-refractivity contribution is -0.121. The Morgan fingerprint density at radius 1 is 1.04 bits per heavy atom. The van der Waals surface area contributed by atoms with Crippen LogP contribution in [0.15, 0.2) is 60.7 Å². The van der Waals surface area contributed by atoms with E-state index in [4.69, 9.17) is 4.74 Å². The standard InChI is InChI=1S/C18H22N2O4S/c1-25(22,23)20(14-16-8-4-2-5-9-16)15-18(21)19-12-13-24-17-10-6-3-7-11-17/h2-11H,12-15H2,1H3,(H,19,21). The van der Waals surface area contributed by atoms with Gasteiger partial charge in [0.05, 0.1) is 19.3 Å². The van der Waals surface area contributed by atoms with Crippen LogP contribution in [0.4, 0.5) is 0 Å². The number of hydrogen-bond acceptors (Lipinski definition) is 4. The first kappa shape index (κ1) is 19.0. The number of rotatable bonds is 9. The van der Waals surface area contributed by atoms with Gasteiger partial charge in [-0.1, -0.05) is 48.5 Å². The highest BCUT2D eigenvalue weighted by Gasteiger charge is 2.20. The van der Waals surface area contributed by atoms with E-state index in [1.807, 2.05) is 60.7 Å². The van der Waals surface area contributed by atoms with Gasteiger partial charge in [0.2, 0.25) is 15.9 Å². The highest BCUT2D eigenvalue weighted by atomic mass is 32.2. The molecule has 25 heavy (non-hydrogen) atoms. The highest BCUT2D eigenvalue weighted by Crippen LogP contribution is 2.08. The maximum atomic E-state index is 12.0. The number of ether oxygens (including phenoxy) is 1. The van der Waals surface area contributed by atoms with Crippen LogP contribution in [-0.4, -0.2) is 44.6 Å². The highest BCUT2D eigenvalue weighted by molar-refractivity contribution is 7.88. The van der Waals surface area contributed by atoms with Crippen LogP contribution >= 0.6 is 0 Å². The van der Waals surface area contributed by atoms with E-state index in [0.29, 0.717) is 13.2 Å². The first-order valence-corrected chi connectivity index (χ1v) is 9.73. The fourth-order valence-electron chi connectivity index (χ4n) is 2.17. The number of hydrogen-bond donors (Lipinski definition) is 1. The van der Waals surface area contributed by atoms with Crippen LogP contribution in [0.25, 0.3) is 0 Å². The third-order valence-electron chi connectivity index (χ3n) is 3.43. The Kier molecular flexibility index (Phi) is 6.97. The molecule has 0 saturated carbocycles. The number of para-hydroxylation sites is 1. The fourth-order valence-corrected chi connectivity index (χ4v) is 2.90. The summed E-state index contributed by atoms with van der Waals surface area (Å²) in [5.74, 6) is 0.358. The molecule has 0 aliphatic carbocycles. The van der Waals surface area contributed by atoms with Crippen molar-refractivity contribution in [2.75, 3.05) is 26.0 Å². The van der Waals surface area contributed by atoms with Crippen molar-refractivity contribution in [2.45, 2.75) is 6.54 Å². The normalized spacial score (nSPS) is 11.3. The molecule has 2 rings (SSSR count). The maximum absolute atomic E-state index is 12.0. The summed E-state index contributed by atoms with van der Waals surface area (Å²) in [7, 11) is -3.49. The molecule has 1 amide bonds. The molecule has 0 heterocycles. The van der Waals surface area contributed by atoms with Gasteiger partial charge in [-0.2, -0.15) is 4.31 Å². The van der Waals surface area contributed by atoms with Crippen molar-refractivity contribution in [2.24, 2.45) is 0 Å². The third kappa shape index (κ3) is 6.94. The predicted molar refractivity (Wildman–Crippen MR) is 96.6 cm³/mol. The molecule has 2 aromatic carbocycles. The van der Waals surface area contributed by atoms with E-state index >= 15 is 0 Å². The zero-order chi connectivity index (χ0) is 18.1. The average Bonchev–Trinajstić information content (AvgIpc) is 2.59. The van der Waals surface area contributed by atoms with Gasteiger partial charge in [-0.3, -0.25) is 4.79 Å². The zero-order valence-electron chi connectivity index (χ0n) is 14.1. The van der Waals surface area contributed by atoms with Crippen molar-refractivity contribution in [3.05, 3.63) is 66.2 Å².